The summed E-state index contributed by atoms with van der Waals surface area (Å²) in [6, 6.07) is 4.35. The Labute approximate surface area is 207 Å². The Morgan fingerprint density at radius 1 is 1.37 bits per heavy atom. The van der Waals surface area contributed by atoms with Crippen LogP contribution in [-0.2, 0) is 25.7 Å². The number of allylic oxidation sites excluding steroid dienone is 1. The van der Waals surface area contributed by atoms with Crippen molar-refractivity contribution in [1.82, 2.24) is 9.78 Å². The molecule has 0 bridgehead atoms. The van der Waals surface area contributed by atoms with Crippen LogP contribution in [0.4, 0.5) is 11.4 Å². The molecule has 0 saturated heterocycles. The molecular weight excluding hydrogens is 513 g/mol. The van der Waals surface area contributed by atoms with E-state index in [1.54, 1.807) is 11.8 Å². The molecule has 1 unspecified atom stereocenters. The molecule has 188 valence electrons. The van der Waals surface area contributed by atoms with Gasteiger partial charge in [0.15, 0.2) is 11.6 Å². The normalized spacial score (nSPS) is 19.7. The molecule has 1 aromatic carbocycles. The summed E-state index contributed by atoms with van der Waals surface area (Å²) in [5.74, 6) is 0.479. The molecule has 4 rings (SSSR count). The molecule has 2 aliphatic rings. The molecule has 2 aliphatic heterocycles. The van der Waals surface area contributed by atoms with Crippen LogP contribution < -0.4 is 20.9 Å². The molecule has 1 atom stereocenters. The molecule has 35 heavy (non-hydrogen) atoms. The van der Waals surface area contributed by atoms with E-state index >= 15 is 0 Å². The van der Waals surface area contributed by atoms with E-state index in [2.05, 4.69) is 19.9 Å². The van der Waals surface area contributed by atoms with Crippen LogP contribution >= 0.6 is 19.3 Å². The topological polar surface area (TPSA) is 152 Å². The van der Waals surface area contributed by atoms with Crippen LogP contribution in [0.5, 0.6) is 5.75 Å². The highest BCUT2D eigenvalue weighted by atomic mass is 32.2. The molecule has 3 heterocycles. The van der Waals surface area contributed by atoms with Crippen molar-refractivity contribution >= 4 is 57.4 Å². The largest absolute Gasteiger partial charge is 0.505 e. The maximum atomic E-state index is 13.7. The third-order valence-corrected chi connectivity index (χ3v) is 8.70. The maximum absolute atomic E-state index is 13.7. The molecule has 2 aromatic rings. The first-order valence-electron chi connectivity index (χ1n) is 10.7. The number of hydrogen-bond acceptors (Lipinski definition) is 9. The molecule has 0 aliphatic carbocycles. The number of rotatable bonds is 7. The molecule has 0 radical (unpaired) electrons. The van der Waals surface area contributed by atoms with Crippen molar-refractivity contribution in [2.24, 2.45) is 10.7 Å². The van der Waals surface area contributed by atoms with Crippen LogP contribution in [0.3, 0.4) is 0 Å². The molecule has 0 fully saturated rings. The SMILES string of the molecule is COP1(=O)N=C(c2c(O)c(C3=CSCC3)nn(CC(C)C)c2=O)Nc2ccc(NS(C)(=O)=O)cc21. The Balaban J connectivity index is 1.89. The van der Waals surface area contributed by atoms with E-state index in [-0.39, 0.29) is 39.8 Å². The number of amidine groups is 1. The van der Waals surface area contributed by atoms with Crippen molar-refractivity contribution in [2.45, 2.75) is 26.8 Å². The highest BCUT2D eigenvalue weighted by Crippen LogP contribution is 2.52. The van der Waals surface area contributed by atoms with Crippen molar-refractivity contribution in [2.75, 3.05) is 29.2 Å². The van der Waals surface area contributed by atoms with Gasteiger partial charge >= 0.3 is 7.52 Å². The van der Waals surface area contributed by atoms with E-state index < -0.39 is 23.1 Å². The predicted octanol–water partition coefficient (Wildman–Crippen LogP) is 2.79. The van der Waals surface area contributed by atoms with E-state index in [0.717, 1.165) is 17.6 Å². The summed E-state index contributed by atoms with van der Waals surface area (Å²) in [4.78, 5) is 13.4. The average molecular weight is 540 g/mol. The molecule has 1 aromatic heterocycles. The number of sulfonamides is 1. The fourth-order valence-electron chi connectivity index (χ4n) is 3.76. The van der Waals surface area contributed by atoms with Crippen LogP contribution in [0.15, 0.2) is 33.2 Å². The van der Waals surface area contributed by atoms with Gasteiger partial charge in [0.25, 0.3) is 5.56 Å². The predicted molar refractivity (Wildman–Crippen MR) is 139 cm³/mol. The lowest BCUT2D eigenvalue weighted by Crippen LogP contribution is -2.35. The number of benzene rings is 1. The van der Waals surface area contributed by atoms with Gasteiger partial charge in [0.05, 0.1) is 17.2 Å². The highest BCUT2D eigenvalue weighted by Gasteiger charge is 2.36. The fourth-order valence-corrected chi connectivity index (χ4v) is 6.74. The van der Waals surface area contributed by atoms with Crippen molar-refractivity contribution in [3.63, 3.8) is 0 Å². The standard InChI is InChI=1S/C21H26N5O6PS2/c1-12(2)10-26-21(28)17(19(27)18(23-26)13-7-8-34-11-13)20-22-15-6-5-14(25-35(4,30)31)9-16(15)33(29,24-20)32-3/h5-6,9,11-12,25,27H,7-8,10H2,1-4H3,(H,22,24,29). The number of hydrogen-bond donors (Lipinski definition) is 3. The van der Waals surface area contributed by atoms with Crippen molar-refractivity contribution in [1.29, 1.82) is 0 Å². The second kappa shape index (κ2) is 9.45. The smallest absolute Gasteiger partial charge is 0.348 e. The number of aromatic nitrogens is 2. The van der Waals surface area contributed by atoms with Gasteiger partial charge in [-0.25, -0.2) is 13.1 Å². The van der Waals surface area contributed by atoms with Crippen LogP contribution in [0.2, 0.25) is 0 Å². The van der Waals surface area contributed by atoms with Gasteiger partial charge in [-0.05, 0) is 41.5 Å². The van der Waals surface area contributed by atoms with E-state index in [0.29, 0.717) is 18.7 Å². The number of thioether (sulfide) groups is 1. The molecule has 14 heteroatoms. The highest BCUT2D eigenvalue weighted by molar-refractivity contribution is 8.02. The van der Waals surface area contributed by atoms with Gasteiger partial charge in [-0.1, -0.05) is 13.8 Å². The Morgan fingerprint density at radius 3 is 2.71 bits per heavy atom. The Hall–Kier alpha value is -2.60. The lowest BCUT2D eigenvalue weighted by Gasteiger charge is -2.25. The van der Waals surface area contributed by atoms with Gasteiger partial charge < -0.3 is 14.9 Å². The van der Waals surface area contributed by atoms with Crippen LogP contribution in [0, 0.1) is 5.92 Å². The second-order valence-electron chi connectivity index (χ2n) is 8.60. The summed E-state index contributed by atoms with van der Waals surface area (Å²) in [7, 11) is -6.29. The first kappa shape index (κ1) is 25.5. The van der Waals surface area contributed by atoms with Gasteiger partial charge in [-0.15, -0.1) is 11.8 Å². The minimum Gasteiger partial charge on any atom is -0.505 e. The summed E-state index contributed by atoms with van der Waals surface area (Å²) in [5, 5.41) is 20.6. The number of anilines is 2. The average Bonchev–Trinajstić information content (AvgIpc) is 3.29. The zero-order valence-electron chi connectivity index (χ0n) is 19.6. The Kier molecular flexibility index (Phi) is 6.89. The van der Waals surface area contributed by atoms with Crippen molar-refractivity contribution < 1.29 is 22.6 Å². The summed E-state index contributed by atoms with van der Waals surface area (Å²) in [5.41, 5.74) is 0.828. The third-order valence-electron chi connectivity index (χ3n) is 5.26. The lowest BCUT2D eigenvalue weighted by atomic mass is 10.1. The molecule has 0 saturated carbocycles. The van der Waals surface area contributed by atoms with E-state index in [4.69, 9.17) is 4.52 Å². The zero-order valence-corrected chi connectivity index (χ0v) is 22.1. The number of nitrogens with zero attached hydrogens (tertiary/aromatic N) is 3. The minimum absolute atomic E-state index is 0.102. The van der Waals surface area contributed by atoms with Gasteiger partial charge in [0.2, 0.25) is 10.0 Å². The van der Waals surface area contributed by atoms with Gasteiger partial charge in [0, 0.05) is 25.1 Å². The molecule has 0 spiro atoms. The summed E-state index contributed by atoms with van der Waals surface area (Å²) in [6.45, 7) is 4.20. The van der Waals surface area contributed by atoms with Crippen LogP contribution in [0.1, 0.15) is 31.5 Å². The Bertz CT molecular complexity index is 1470. The minimum atomic E-state index is -3.93. The van der Waals surface area contributed by atoms with Crippen LogP contribution in [0.25, 0.3) is 5.57 Å². The van der Waals surface area contributed by atoms with E-state index in [1.807, 2.05) is 19.3 Å². The fraction of sp³-hybridized carbons (Fsp3) is 0.381. The monoisotopic (exact) mass is 539 g/mol. The Morgan fingerprint density at radius 2 is 2.11 bits per heavy atom. The number of fused-ring (bicyclic) bond motifs is 1. The molecule has 0 amide bonds. The molecular formula is C21H26N5O6PS2. The molecule has 3 N–H and O–H groups in total. The summed E-state index contributed by atoms with van der Waals surface area (Å²) < 4.78 is 50.1. The summed E-state index contributed by atoms with van der Waals surface area (Å²) >= 11 is 1.59. The number of aromatic hydroxyl groups is 1. The van der Waals surface area contributed by atoms with Gasteiger partial charge in [-0.3, -0.25) is 14.1 Å². The van der Waals surface area contributed by atoms with Gasteiger partial charge in [0.1, 0.15) is 11.3 Å². The third kappa shape index (κ3) is 5.18. The van der Waals surface area contributed by atoms with E-state index in [9.17, 15) is 22.9 Å². The quantitative estimate of drug-likeness (QED) is 0.451. The van der Waals surface area contributed by atoms with E-state index in [1.165, 1.54) is 30.0 Å². The second-order valence-corrected chi connectivity index (χ2v) is 13.4. The van der Waals surface area contributed by atoms with Gasteiger partial charge in [-0.2, -0.15) is 9.86 Å². The maximum Gasteiger partial charge on any atom is 0.348 e. The van der Waals surface area contributed by atoms with Crippen molar-refractivity contribution in [3.05, 3.63) is 45.2 Å². The molecule has 11 nitrogen and oxygen atoms in total. The van der Waals surface area contributed by atoms with Crippen molar-refractivity contribution in [3.8, 4) is 5.75 Å². The first-order chi connectivity index (χ1) is 16.4. The van der Waals surface area contributed by atoms with Crippen LogP contribution in [-0.4, -0.2) is 48.3 Å². The zero-order chi connectivity index (χ0) is 25.5. The summed E-state index contributed by atoms with van der Waals surface area (Å²) in [6.07, 6.45) is 1.68. The number of nitrogens with one attached hydrogen (secondary N) is 2. The first-order valence-corrected chi connectivity index (χ1v) is 15.2. The lowest BCUT2D eigenvalue weighted by molar-refractivity contribution is 0.404.